The fraction of sp³-hybridized carbons (Fsp3) is 0.706. The van der Waals surface area contributed by atoms with Crippen LogP contribution in [0.3, 0.4) is 0 Å². The summed E-state index contributed by atoms with van der Waals surface area (Å²) in [5.41, 5.74) is 3.28. The lowest BCUT2D eigenvalue weighted by Crippen LogP contribution is -2.61. The summed E-state index contributed by atoms with van der Waals surface area (Å²) < 4.78 is 0. The van der Waals surface area contributed by atoms with Crippen LogP contribution in [0.25, 0.3) is 0 Å². The standard InChI is InChI=1S/C34H48N4O4/c39-32(40)21-35-14-6-9-25(20-35)34-36(22-33(41)42)30-12-3-4-13-31(30)38(34)29-18-26-10-5-11-27(19-29)37(26)28-16-23-7-1-2-8-24(15-23)17-28/h3-4,12-13,23-24,26-29H,1-2,5-11,14-22H2,(H,39,40)(H,41,42)/b34-25+/t23-,24+,26-,27+,28?,29+. The van der Waals surface area contributed by atoms with Gasteiger partial charge in [-0.25, -0.2) is 0 Å². The molecule has 6 atom stereocenters. The summed E-state index contributed by atoms with van der Waals surface area (Å²) in [6, 6.07) is 10.6. The van der Waals surface area contributed by atoms with Gasteiger partial charge in [-0.05, 0) is 93.9 Å². The number of aliphatic carboxylic acids is 2. The molecule has 42 heavy (non-hydrogen) atoms. The van der Waals surface area contributed by atoms with Crippen molar-refractivity contribution in [2.45, 2.75) is 114 Å². The van der Waals surface area contributed by atoms with Gasteiger partial charge in [0.15, 0.2) is 0 Å². The molecular formula is C34H48N4O4. The number of rotatable bonds is 6. The van der Waals surface area contributed by atoms with Crippen LogP contribution in [-0.2, 0) is 9.59 Å². The van der Waals surface area contributed by atoms with Crippen molar-refractivity contribution >= 4 is 23.3 Å². The third kappa shape index (κ3) is 5.45. The Balaban J connectivity index is 1.21. The molecule has 2 N–H and O–H groups in total. The quantitative estimate of drug-likeness (QED) is 0.457. The second-order valence-electron chi connectivity index (χ2n) is 14.2. The van der Waals surface area contributed by atoms with E-state index in [2.05, 4.69) is 28.0 Å². The maximum absolute atomic E-state index is 12.2. The molecule has 0 aromatic heterocycles. The van der Waals surface area contributed by atoms with E-state index in [1.54, 1.807) is 0 Å². The Morgan fingerprint density at radius 1 is 0.714 bits per heavy atom. The molecule has 2 aliphatic carbocycles. The largest absolute Gasteiger partial charge is 0.480 e. The molecule has 4 heterocycles. The van der Waals surface area contributed by atoms with E-state index in [-0.39, 0.29) is 13.1 Å². The van der Waals surface area contributed by atoms with Crippen molar-refractivity contribution < 1.29 is 19.8 Å². The number of para-hydroxylation sites is 2. The molecule has 0 spiro atoms. The number of benzene rings is 1. The molecular weight excluding hydrogens is 528 g/mol. The number of fused-ring (bicyclic) bond motifs is 5. The van der Waals surface area contributed by atoms with Gasteiger partial charge < -0.3 is 20.0 Å². The molecule has 6 aliphatic rings. The summed E-state index contributed by atoms with van der Waals surface area (Å²) in [5, 5.41) is 19.5. The van der Waals surface area contributed by atoms with Gasteiger partial charge in [-0.2, -0.15) is 0 Å². The molecule has 0 radical (unpaired) electrons. The zero-order valence-electron chi connectivity index (χ0n) is 25.0. The second kappa shape index (κ2) is 11.8. The van der Waals surface area contributed by atoms with E-state index in [1.807, 2.05) is 15.9 Å². The van der Waals surface area contributed by atoms with E-state index in [0.29, 0.717) is 24.7 Å². The predicted molar refractivity (Wildman–Crippen MR) is 164 cm³/mol. The number of anilines is 2. The molecule has 4 bridgehead atoms. The number of carboxylic acids is 2. The lowest BCUT2D eigenvalue weighted by Gasteiger charge is -2.56. The van der Waals surface area contributed by atoms with Crippen LogP contribution >= 0.6 is 0 Å². The zero-order valence-corrected chi connectivity index (χ0v) is 25.0. The molecule has 4 aliphatic heterocycles. The van der Waals surface area contributed by atoms with Gasteiger partial charge in [0.1, 0.15) is 12.4 Å². The van der Waals surface area contributed by atoms with Crippen molar-refractivity contribution in [1.29, 1.82) is 0 Å². The van der Waals surface area contributed by atoms with Crippen LogP contribution in [0.1, 0.15) is 89.9 Å². The van der Waals surface area contributed by atoms with Crippen molar-refractivity contribution in [3.63, 3.8) is 0 Å². The highest BCUT2D eigenvalue weighted by Gasteiger charge is 2.48. The van der Waals surface area contributed by atoms with E-state index in [4.69, 9.17) is 0 Å². The minimum absolute atomic E-state index is 0.0224. The predicted octanol–water partition coefficient (Wildman–Crippen LogP) is 5.53. The Labute approximate surface area is 250 Å². The van der Waals surface area contributed by atoms with Crippen molar-refractivity contribution in [1.82, 2.24) is 9.80 Å². The number of carboxylic acid groups (broad SMARTS) is 2. The van der Waals surface area contributed by atoms with E-state index < -0.39 is 11.9 Å². The Morgan fingerprint density at radius 3 is 2.05 bits per heavy atom. The van der Waals surface area contributed by atoms with E-state index in [0.717, 1.165) is 67.3 Å². The Hall–Kier alpha value is -2.58. The van der Waals surface area contributed by atoms with E-state index >= 15 is 0 Å². The van der Waals surface area contributed by atoms with Crippen LogP contribution in [0.5, 0.6) is 0 Å². The Kier molecular flexibility index (Phi) is 7.95. The lowest BCUT2D eigenvalue weighted by molar-refractivity contribution is -0.138. The first-order valence-corrected chi connectivity index (χ1v) is 16.8. The number of carbonyl (C=O) groups is 2. The number of hydrogen-bond donors (Lipinski definition) is 2. The topological polar surface area (TPSA) is 87.6 Å². The Morgan fingerprint density at radius 2 is 1.38 bits per heavy atom. The molecule has 8 heteroatoms. The third-order valence-corrected chi connectivity index (χ3v) is 11.4. The minimum Gasteiger partial charge on any atom is -0.480 e. The van der Waals surface area contributed by atoms with Crippen LogP contribution in [0.2, 0.25) is 0 Å². The Bertz CT molecular complexity index is 1190. The first kappa shape index (κ1) is 28.2. The highest BCUT2D eigenvalue weighted by atomic mass is 16.4. The number of likely N-dealkylation sites (tertiary alicyclic amines) is 1. The molecule has 1 aromatic rings. The smallest absolute Gasteiger partial charge is 0.323 e. The van der Waals surface area contributed by atoms with Crippen LogP contribution in [-0.4, -0.2) is 82.3 Å². The monoisotopic (exact) mass is 576 g/mol. The van der Waals surface area contributed by atoms with E-state index in [1.165, 1.54) is 69.8 Å². The third-order valence-electron chi connectivity index (χ3n) is 11.4. The molecule has 2 saturated carbocycles. The molecule has 228 valence electrons. The van der Waals surface area contributed by atoms with E-state index in [9.17, 15) is 19.8 Å². The van der Waals surface area contributed by atoms with Crippen LogP contribution in [0.4, 0.5) is 11.4 Å². The summed E-state index contributed by atoms with van der Waals surface area (Å²) in [4.78, 5) is 33.3. The van der Waals surface area contributed by atoms with Gasteiger partial charge in [-0.3, -0.25) is 19.4 Å². The zero-order chi connectivity index (χ0) is 28.8. The fourth-order valence-corrected chi connectivity index (χ4v) is 10.0. The average molecular weight is 577 g/mol. The molecule has 5 fully saturated rings. The van der Waals surface area contributed by atoms with Gasteiger partial charge in [0.2, 0.25) is 0 Å². The summed E-state index contributed by atoms with van der Waals surface area (Å²) in [6.45, 7) is 1.29. The SMILES string of the molecule is O=C(O)CN1CCC/C(=C2/N(CC(=O)O)c3ccccc3N2[C@H]2C[C@H]3CCC[C@@H](C2)N3C2C[C@H]3CCCC[C@@H](C2)C3)C1. The maximum Gasteiger partial charge on any atom is 0.323 e. The highest BCUT2D eigenvalue weighted by molar-refractivity contribution is 5.88. The number of piperidine rings is 3. The molecule has 1 aromatic carbocycles. The van der Waals surface area contributed by atoms with Crippen LogP contribution in [0, 0.1) is 11.8 Å². The highest BCUT2D eigenvalue weighted by Crippen LogP contribution is 2.50. The van der Waals surface area contributed by atoms with Gasteiger partial charge in [-0.15, -0.1) is 0 Å². The van der Waals surface area contributed by atoms with Crippen molar-refractivity contribution in [3.05, 3.63) is 35.7 Å². The van der Waals surface area contributed by atoms with Crippen molar-refractivity contribution in [2.24, 2.45) is 11.8 Å². The summed E-state index contributed by atoms with van der Waals surface area (Å²) >= 11 is 0. The molecule has 3 saturated heterocycles. The minimum atomic E-state index is -0.839. The van der Waals surface area contributed by atoms with Crippen LogP contribution < -0.4 is 9.80 Å². The van der Waals surface area contributed by atoms with Crippen LogP contribution in [0.15, 0.2) is 35.7 Å². The van der Waals surface area contributed by atoms with Crippen molar-refractivity contribution in [3.8, 4) is 0 Å². The summed E-state index contributed by atoms with van der Waals surface area (Å²) in [7, 11) is 0. The molecule has 0 amide bonds. The summed E-state index contributed by atoms with van der Waals surface area (Å²) in [5.74, 6) is 1.21. The molecule has 7 rings (SSSR count). The fourth-order valence-electron chi connectivity index (χ4n) is 10.0. The number of nitrogens with zero attached hydrogens (tertiary/aromatic N) is 4. The summed E-state index contributed by atoms with van der Waals surface area (Å²) in [6.07, 6.45) is 17.8. The van der Waals surface area contributed by atoms with Gasteiger partial charge in [0, 0.05) is 30.7 Å². The molecule has 8 nitrogen and oxygen atoms in total. The lowest BCUT2D eigenvalue weighted by atomic mass is 9.73. The maximum atomic E-state index is 12.2. The average Bonchev–Trinajstić information content (AvgIpc) is 3.17. The second-order valence-corrected chi connectivity index (χ2v) is 14.2. The first-order chi connectivity index (χ1) is 20.4. The van der Waals surface area contributed by atoms with Gasteiger partial charge in [0.25, 0.3) is 0 Å². The van der Waals surface area contributed by atoms with Gasteiger partial charge >= 0.3 is 11.9 Å². The first-order valence-electron chi connectivity index (χ1n) is 16.8. The van der Waals surface area contributed by atoms with Gasteiger partial charge in [0.05, 0.1) is 17.9 Å². The normalized spacial score (nSPS) is 35.5. The van der Waals surface area contributed by atoms with Crippen molar-refractivity contribution in [2.75, 3.05) is 36.0 Å². The molecule has 1 unspecified atom stereocenters. The van der Waals surface area contributed by atoms with Gasteiger partial charge in [-0.1, -0.05) is 44.2 Å². The number of hydrogen-bond acceptors (Lipinski definition) is 6.